The second-order valence-electron chi connectivity index (χ2n) is 3.08. The highest BCUT2D eigenvalue weighted by Gasteiger charge is 2.10. The molecule has 5 heteroatoms. The molecule has 0 radical (unpaired) electrons. The van der Waals surface area contributed by atoms with Crippen molar-refractivity contribution < 1.29 is 0 Å². The summed E-state index contributed by atoms with van der Waals surface area (Å²) in [5.41, 5.74) is 0. The maximum absolute atomic E-state index is 3.94. The van der Waals surface area contributed by atoms with Gasteiger partial charge >= 0.3 is 0 Å². The van der Waals surface area contributed by atoms with Gasteiger partial charge in [-0.25, -0.2) is 0 Å². The van der Waals surface area contributed by atoms with E-state index in [-0.39, 0.29) is 0 Å². The maximum Gasteiger partial charge on any atom is 0.162 e. The third-order valence-corrected chi connectivity index (χ3v) is 2.21. The minimum absolute atomic E-state index is 0.861. The molecule has 0 bridgehead atoms. The molecule has 0 aromatic carbocycles. The molecule has 0 aliphatic carbocycles. The van der Waals surface area contributed by atoms with Crippen molar-refractivity contribution in [2.45, 2.75) is 19.4 Å². The molecule has 1 aliphatic rings. The molecule has 0 N–H and O–H groups in total. The molecular formula is C7H13N5. The molecule has 0 unspecified atom stereocenters. The summed E-state index contributed by atoms with van der Waals surface area (Å²) in [7, 11) is 0. The van der Waals surface area contributed by atoms with E-state index in [0.29, 0.717) is 0 Å². The van der Waals surface area contributed by atoms with Gasteiger partial charge in [0, 0.05) is 6.54 Å². The molecule has 66 valence electrons. The van der Waals surface area contributed by atoms with Crippen molar-refractivity contribution in [3.63, 3.8) is 0 Å². The minimum atomic E-state index is 0.861. The molecule has 2 rings (SSSR count). The van der Waals surface area contributed by atoms with Gasteiger partial charge in [0.1, 0.15) is 0 Å². The average Bonchev–Trinajstić information content (AvgIpc) is 2.74. The molecule has 1 aliphatic heterocycles. The molecule has 1 saturated heterocycles. The Labute approximate surface area is 71.4 Å². The second kappa shape index (κ2) is 3.62. The molecular weight excluding hydrogens is 154 g/mol. The van der Waals surface area contributed by atoms with Gasteiger partial charge in [-0.05, 0) is 31.1 Å². The first kappa shape index (κ1) is 7.67. The summed E-state index contributed by atoms with van der Waals surface area (Å²) in [6.45, 7) is 4.37. The largest absolute Gasteiger partial charge is 0.301 e. The van der Waals surface area contributed by atoms with E-state index in [0.717, 1.165) is 13.1 Å². The molecule has 12 heavy (non-hydrogen) atoms. The quantitative estimate of drug-likeness (QED) is 0.624. The summed E-state index contributed by atoms with van der Waals surface area (Å²) >= 11 is 0. The Balaban J connectivity index is 1.74. The van der Waals surface area contributed by atoms with E-state index in [1.54, 1.807) is 4.80 Å². The summed E-state index contributed by atoms with van der Waals surface area (Å²) in [4.78, 5) is 4.07. The average molecular weight is 167 g/mol. The highest BCUT2D eigenvalue weighted by atomic mass is 15.6. The van der Waals surface area contributed by atoms with E-state index in [4.69, 9.17) is 0 Å². The lowest BCUT2D eigenvalue weighted by molar-refractivity contribution is 0.304. The predicted octanol–water partition coefficient (Wildman–Crippen LogP) is -0.231. The van der Waals surface area contributed by atoms with Crippen LogP contribution in [0.25, 0.3) is 0 Å². The van der Waals surface area contributed by atoms with E-state index in [1.165, 1.54) is 32.3 Å². The van der Waals surface area contributed by atoms with E-state index < -0.39 is 0 Å². The van der Waals surface area contributed by atoms with Crippen molar-refractivity contribution in [2.75, 3.05) is 19.6 Å². The zero-order valence-electron chi connectivity index (χ0n) is 7.06. The van der Waals surface area contributed by atoms with Gasteiger partial charge in [-0.2, -0.15) is 4.80 Å². The summed E-state index contributed by atoms with van der Waals surface area (Å²) in [6, 6.07) is 0. The smallest absolute Gasteiger partial charge is 0.162 e. The van der Waals surface area contributed by atoms with Crippen LogP contribution in [0, 0.1) is 0 Å². The van der Waals surface area contributed by atoms with Gasteiger partial charge in [0.05, 0.1) is 6.54 Å². The maximum atomic E-state index is 3.94. The van der Waals surface area contributed by atoms with Crippen molar-refractivity contribution in [1.82, 2.24) is 25.1 Å². The molecule has 1 aromatic heterocycles. The Bertz CT molecular complexity index is 214. The lowest BCUT2D eigenvalue weighted by Gasteiger charge is -2.12. The first-order valence-electron chi connectivity index (χ1n) is 4.38. The Hall–Kier alpha value is -0.970. The van der Waals surface area contributed by atoms with Gasteiger partial charge in [0.15, 0.2) is 6.33 Å². The van der Waals surface area contributed by atoms with Gasteiger partial charge < -0.3 is 4.90 Å². The number of rotatable bonds is 3. The summed E-state index contributed by atoms with van der Waals surface area (Å²) in [6.07, 6.45) is 4.15. The second-order valence-corrected chi connectivity index (χ2v) is 3.08. The van der Waals surface area contributed by atoms with Crippen molar-refractivity contribution in [3.8, 4) is 0 Å². The molecule has 2 heterocycles. The van der Waals surface area contributed by atoms with Crippen LogP contribution in [0.3, 0.4) is 0 Å². The minimum Gasteiger partial charge on any atom is -0.301 e. The number of hydrogen-bond donors (Lipinski definition) is 0. The Morgan fingerprint density at radius 2 is 2.00 bits per heavy atom. The summed E-state index contributed by atoms with van der Waals surface area (Å²) in [5, 5.41) is 11.4. The van der Waals surface area contributed by atoms with Crippen LogP contribution in [0.2, 0.25) is 0 Å². The van der Waals surface area contributed by atoms with Crippen LogP contribution in [0.4, 0.5) is 0 Å². The van der Waals surface area contributed by atoms with E-state index >= 15 is 0 Å². The number of likely N-dealkylation sites (tertiary alicyclic amines) is 1. The van der Waals surface area contributed by atoms with Gasteiger partial charge in [0.25, 0.3) is 0 Å². The molecule has 1 fully saturated rings. The van der Waals surface area contributed by atoms with Crippen LogP contribution >= 0.6 is 0 Å². The first-order chi connectivity index (χ1) is 5.95. The van der Waals surface area contributed by atoms with Gasteiger partial charge in [-0.1, -0.05) is 0 Å². The van der Waals surface area contributed by atoms with Crippen molar-refractivity contribution in [1.29, 1.82) is 0 Å². The van der Waals surface area contributed by atoms with Gasteiger partial charge in [0.2, 0.25) is 0 Å². The highest BCUT2D eigenvalue weighted by molar-refractivity contribution is 4.64. The molecule has 0 saturated carbocycles. The van der Waals surface area contributed by atoms with Crippen LogP contribution in [-0.2, 0) is 6.54 Å². The molecule has 5 nitrogen and oxygen atoms in total. The number of nitrogens with zero attached hydrogens (tertiary/aromatic N) is 5. The predicted molar refractivity (Wildman–Crippen MR) is 43.5 cm³/mol. The number of aromatic nitrogens is 4. The monoisotopic (exact) mass is 167 g/mol. The van der Waals surface area contributed by atoms with Gasteiger partial charge in [-0.15, -0.1) is 10.2 Å². The zero-order valence-corrected chi connectivity index (χ0v) is 7.06. The molecule has 0 spiro atoms. The SMILES string of the molecule is c1nnn(CCN2CCCC2)n1. The summed E-state index contributed by atoms with van der Waals surface area (Å²) < 4.78 is 0. The fourth-order valence-corrected chi connectivity index (χ4v) is 1.53. The Kier molecular flexibility index (Phi) is 2.31. The highest BCUT2D eigenvalue weighted by Crippen LogP contribution is 2.06. The van der Waals surface area contributed by atoms with Crippen LogP contribution < -0.4 is 0 Å². The van der Waals surface area contributed by atoms with Crippen LogP contribution in [0.15, 0.2) is 6.33 Å². The van der Waals surface area contributed by atoms with Crippen molar-refractivity contribution in [2.24, 2.45) is 0 Å². The first-order valence-corrected chi connectivity index (χ1v) is 4.38. The normalized spacial score (nSPS) is 18.7. The Morgan fingerprint density at radius 3 is 2.67 bits per heavy atom. The fraction of sp³-hybridized carbons (Fsp3) is 0.857. The van der Waals surface area contributed by atoms with Gasteiger partial charge in [-0.3, -0.25) is 0 Å². The van der Waals surface area contributed by atoms with E-state index in [2.05, 4.69) is 20.3 Å². The zero-order chi connectivity index (χ0) is 8.23. The Morgan fingerprint density at radius 1 is 1.17 bits per heavy atom. The lowest BCUT2D eigenvalue weighted by Crippen LogP contribution is -2.24. The molecule has 0 amide bonds. The fourth-order valence-electron chi connectivity index (χ4n) is 1.53. The van der Waals surface area contributed by atoms with Crippen LogP contribution in [0.5, 0.6) is 0 Å². The third kappa shape index (κ3) is 1.79. The number of tetrazole rings is 1. The standard InChI is InChI=1S/C7H13N5/c1-2-4-11(3-1)5-6-12-9-7-8-10-12/h7H,1-6H2. The van der Waals surface area contributed by atoms with Crippen LogP contribution in [-0.4, -0.2) is 44.7 Å². The number of hydrogen-bond acceptors (Lipinski definition) is 4. The van der Waals surface area contributed by atoms with Crippen molar-refractivity contribution in [3.05, 3.63) is 6.33 Å². The molecule has 1 aromatic rings. The third-order valence-electron chi connectivity index (χ3n) is 2.21. The molecule has 0 atom stereocenters. The van der Waals surface area contributed by atoms with E-state index in [1.807, 2.05) is 0 Å². The van der Waals surface area contributed by atoms with Crippen LogP contribution in [0.1, 0.15) is 12.8 Å². The lowest BCUT2D eigenvalue weighted by atomic mass is 10.4. The summed E-state index contributed by atoms with van der Waals surface area (Å²) in [5.74, 6) is 0. The topological polar surface area (TPSA) is 46.8 Å². The van der Waals surface area contributed by atoms with Crippen molar-refractivity contribution >= 4 is 0 Å². The van der Waals surface area contributed by atoms with E-state index in [9.17, 15) is 0 Å².